The predicted molar refractivity (Wildman–Crippen MR) is 87.5 cm³/mol. The number of nitrogens with zero attached hydrogens (tertiary/aromatic N) is 7. The van der Waals surface area contributed by atoms with Crippen molar-refractivity contribution in [3.05, 3.63) is 46.7 Å². The van der Waals surface area contributed by atoms with Gasteiger partial charge in [0.2, 0.25) is 0 Å². The van der Waals surface area contributed by atoms with Gasteiger partial charge in [0.05, 0.1) is 0 Å². The van der Waals surface area contributed by atoms with Crippen LogP contribution in [-0.4, -0.2) is 56.3 Å². The molecule has 3 heterocycles. The maximum atomic E-state index is 13.9. The minimum atomic E-state index is -0.254. The zero-order valence-corrected chi connectivity index (χ0v) is 13.6. The number of hydrogen-bond donors (Lipinski definition) is 0. The number of aromatic nitrogens is 5. The normalized spacial score (nSPS) is 16.0. The molecule has 0 spiro atoms. The first-order valence-corrected chi connectivity index (χ1v) is 8.04. The Kier molecular flexibility index (Phi) is 3.99. The lowest BCUT2D eigenvalue weighted by Crippen LogP contribution is -2.46. The minimum absolute atomic E-state index is 0.254. The van der Waals surface area contributed by atoms with E-state index in [-0.39, 0.29) is 5.82 Å². The molecule has 124 valence electrons. The molecule has 0 saturated carbocycles. The van der Waals surface area contributed by atoms with Crippen LogP contribution in [0.4, 0.5) is 10.2 Å². The Hall–Kier alpha value is -2.32. The van der Waals surface area contributed by atoms with Crippen LogP contribution in [-0.2, 0) is 6.54 Å². The van der Waals surface area contributed by atoms with Crippen LogP contribution in [0.25, 0.3) is 5.65 Å². The van der Waals surface area contributed by atoms with Gasteiger partial charge in [-0.05, 0) is 34.7 Å². The molecule has 4 rings (SSSR count). The molecule has 0 aliphatic carbocycles. The van der Waals surface area contributed by atoms with Gasteiger partial charge in [-0.15, -0.1) is 14.8 Å². The highest BCUT2D eigenvalue weighted by molar-refractivity contribution is 6.31. The fourth-order valence-electron chi connectivity index (χ4n) is 2.85. The van der Waals surface area contributed by atoms with Crippen molar-refractivity contribution in [1.82, 2.24) is 30.2 Å². The van der Waals surface area contributed by atoms with E-state index < -0.39 is 0 Å². The molecule has 2 aromatic heterocycles. The fourth-order valence-corrected chi connectivity index (χ4v) is 3.07. The summed E-state index contributed by atoms with van der Waals surface area (Å²) in [6.07, 6.45) is 0. The third kappa shape index (κ3) is 2.90. The van der Waals surface area contributed by atoms with E-state index in [1.807, 2.05) is 12.1 Å². The average Bonchev–Trinajstić information content (AvgIpc) is 3.06. The molecule has 0 atom stereocenters. The first kappa shape index (κ1) is 15.2. The fraction of sp³-hybridized carbons (Fsp3) is 0.333. The van der Waals surface area contributed by atoms with E-state index in [2.05, 4.69) is 30.4 Å². The van der Waals surface area contributed by atoms with Crippen LogP contribution < -0.4 is 4.90 Å². The SMILES string of the molecule is Fc1cccc(Cl)c1CN1CCN(c2ccc3nnnn3n2)CC1. The quantitative estimate of drug-likeness (QED) is 0.717. The van der Waals surface area contributed by atoms with Crippen molar-refractivity contribution in [2.75, 3.05) is 31.1 Å². The molecule has 1 aromatic carbocycles. The van der Waals surface area contributed by atoms with Crippen LogP contribution in [0.5, 0.6) is 0 Å². The van der Waals surface area contributed by atoms with E-state index in [4.69, 9.17) is 11.6 Å². The number of piperazine rings is 1. The monoisotopic (exact) mass is 347 g/mol. The van der Waals surface area contributed by atoms with Gasteiger partial charge in [0.15, 0.2) is 11.5 Å². The second-order valence-electron chi connectivity index (χ2n) is 5.68. The summed E-state index contributed by atoms with van der Waals surface area (Å²) in [6.45, 7) is 3.72. The predicted octanol–water partition coefficient (Wildman–Crippen LogP) is 1.63. The number of hydrogen-bond acceptors (Lipinski definition) is 6. The Morgan fingerprint density at radius 2 is 1.92 bits per heavy atom. The number of fused-ring (bicyclic) bond motifs is 1. The third-order valence-corrected chi connectivity index (χ3v) is 4.55. The average molecular weight is 348 g/mol. The van der Waals surface area contributed by atoms with Gasteiger partial charge in [0.25, 0.3) is 0 Å². The number of anilines is 1. The highest BCUT2D eigenvalue weighted by Crippen LogP contribution is 2.22. The number of rotatable bonds is 3. The van der Waals surface area contributed by atoms with E-state index >= 15 is 0 Å². The Bertz CT molecular complexity index is 840. The molecule has 0 radical (unpaired) electrons. The summed E-state index contributed by atoms with van der Waals surface area (Å²) in [5, 5.41) is 16.1. The molecule has 0 amide bonds. The van der Waals surface area contributed by atoms with Crippen LogP contribution in [0.15, 0.2) is 30.3 Å². The lowest BCUT2D eigenvalue weighted by molar-refractivity contribution is 0.246. The Balaban J connectivity index is 1.43. The summed E-state index contributed by atoms with van der Waals surface area (Å²) < 4.78 is 15.3. The van der Waals surface area contributed by atoms with Gasteiger partial charge in [-0.1, -0.05) is 17.7 Å². The van der Waals surface area contributed by atoms with Crippen molar-refractivity contribution in [3.8, 4) is 0 Å². The second kappa shape index (κ2) is 6.29. The molecule has 0 bridgehead atoms. The molecule has 1 aliphatic rings. The van der Waals surface area contributed by atoms with Gasteiger partial charge < -0.3 is 4.90 Å². The third-order valence-electron chi connectivity index (χ3n) is 4.20. The lowest BCUT2D eigenvalue weighted by atomic mass is 10.2. The zero-order chi connectivity index (χ0) is 16.5. The smallest absolute Gasteiger partial charge is 0.200 e. The molecule has 9 heteroatoms. The standard InChI is InChI=1S/C15H15ClFN7/c16-12-2-1-3-13(17)11(12)10-22-6-8-23(9-7-22)15-5-4-14-18-20-21-24(14)19-15/h1-5H,6-10H2. The van der Waals surface area contributed by atoms with E-state index in [1.165, 1.54) is 10.7 Å². The van der Waals surface area contributed by atoms with Gasteiger partial charge in [-0.25, -0.2) is 4.39 Å². The summed E-state index contributed by atoms with van der Waals surface area (Å²) in [5.41, 5.74) is 1.17. The molecule has 1 fully saturated rings. The van der Waals surface area contributed by atoms with Crippen LogP contribution in [0, 0.1) is 5.82 Å². The molecule has 1 aliphatic heterocycles. The van der Waals surface area contributed by atoms with Crippen LogP contribution in [0.1, 0.15) is 5.56 Å². The number of benzene rings is 1. The molecule has 24 heavy (non-hydrogen) atoms. The second-order valence-corrected chi connectivity index (χ2v) is 6.09. The highest BCUT2D eigenvalue weighted by Gasteiger charge is 2.20. The van der Waals surface area contributed by atoms with E-state index in [9.17, 15) is 4.39 Å². The van der Waals surface area contributed by atoms with Crippen LogP contribution >= 0.6 is 11.6 Å². The number of tetrazole rings is 1. The summed E-state index contributed by atoms with van der Waals surface area (Å²) in [7, 11) is 0. The molecule has 3 aromatic rings. The van der Waals surface area contributed by atoms with Crippen molar-refractivity contribution in [1.29, 1.82) is 0 Å². The van der Waals surface area contributed by atoms with Crippen molar-refractivity contribution in [2.45, 2.75) is 6.54 Å². The first-order valence-electron chi connectivity index (χ1n) is 7.66. The van der Waals surface area contributed by atoms with E-state index in [0.717, 1.165) is 32.0 Å². The first-order chi connectivity index (χ1) is 11.7. The van der Waals surface area contributed by atoms with Gasteiger partial charge in [0, 0.05) is 43.3 Å². The molecule has 1 saturated heterocycles. The lowest BCUT2D eigenvalue weighted by Gasteiger charge is -2.35. The largest absolute Gasteiger partial charge is 0.353 e. The van der Waals surface area contributed by atoms with Gasteiger partial charge in [-0.3, -0.25) is 4.90 Å². The molecule has 0 N–H and O–H groups in total. The Labute approximate surface area is 142 Å². The van der Waals surface area contributed by atoms with E-state index in [0.29, 0.717) is 22.8 Å². The molecular weight excluding hydrogens is 333 g/mol. The van der Waals surface area contributed by atoms with Crippen molar-refractivity contribution in [3.63, 3.8) is 0 Å². The minimum Gasteiger partial charge on any atom is -0.353 e. The van der Waals surface area contributed by atoms with Gasteiger partial charge in [-0.2, -0.15) is 0 Å². The van der Waals surface area contributed by atoms with Crippen LogP contribution in [0.3, 0.4) is 0 Å². The summed E-state index contributed by atoms with van der Waals surface area (Å²) in [5.74, 6) is 0.578. The van der Waals surface area contributed by atoms with E-state index in [1.54, 1.807) is 12.1 Å². The molecule has 0 unspecified atom stereocenters. The van der Waals surface area contributed by atoms with Gasteiger partial charge >= 0.3 is 0 Å². The van der Waals surface area contributed by atoms with Crippen LogP contribution in [0.2, 0.25) is 5.02 Å². The topological polar surface area (TPSA) is 62.5 Å². The Morgan fingerprint density at radius 3 is 2.71 bits per heavy atom. The highest BCUT2D eigenvalue weighted by atomic mass is 35.5. The number of halogens is 2. The maximum absolute atomic E-state index is 13.9. The maximum Gasteiger partial charge on any atom is 0.200 e. The summed E-state index contributed by atoms with van der Waals surface area (Å²) >= 11 is 6.11. The molecular formula is C15H15ClFN7. The summed E-state index contributed by atoms with van der Waals surface area (Å²) in [4.78, 5) is 4.36. The van der Waals surface area contributed by atoms with Gasteiger partial charge in [0.1, 0.15) is 5.82 Å². The molecule has 7 nitrogen and oxygen atoms in total. The Morgan fingerprint density at radius 1 is 1.08 bits per heavy atom. The summed E-state index contributed by atoms with van der Waals surface area (Å²) in [6, 6.07) is 8.55. The van der Waals surface area contributed by atoms with Crippen molar-refractivity contribution in [2.24, 2.45) is 0 Å². The zero-order valence-electron chi connectivity index (χ0n) is 12.8. The van der Waals surface area contributed by atoms with Crippen molar-refractivity contribution >= 4 is 23.1 Å². The van der Waals surface area contributed by atoms with Crippen molar-refractivity contribution < 1.29 is 4.39 Å².